The van der Waals surface area contributed by atoms with E-state index in [9.17, 15) is 26.4 Å². The smallest absolute Gasteiger partial charge is 0.304 e. The number of nitrogens with zero attached hydrogens (tertiary/aromatic N) is 4. The largest absolute Gasteiger partial charge is 0.481 e. The highest BCUT2D eigenvalue weighted by molar-refractivity contribution is 7.87. The van der Waals surface area contributed by atoms with Gasteiger partial charge in [0.2, 0.25) is 11.7 Å². The molecule has 1 aliphatic rings. The van der Waals surface area contributed by atoms with Gasteiger partial charge in [0.05, 0.1) is 17.5 Å². The summed E-state index contributed by atoms with van der Waals surface area (Å²) in [4.78, 5) is 22.8. The van der Waals surface area contributed by atoms with E-state index in [2.05, 4.69) is 9.97 Å². The summed E-state index contributed by atoms with van der Waals surface area (Å²) in [6.45, 7) is 5.28. The van der Waals surface area contributed by atoms with Crippen molar-refractivity contribution in [2.24, 2.45) is 0 Å². The Morgan fingerprint density at radius 1 is 1.05 bits per heavy atom. The minimum atomic E-state index is -4.35. The fourth-order valence-electron chi connectivity index (χ4n) is 4.37. The monoisotopic (exact) mass is 607 g/mol. The standard InChI is InChI=1S/C28H32F3N5O5S/c1-4-22(21-10-8-19(17-33-21)40-24-7-5-6-12-32-24)41-23-11-9-20(25(29)26(23)30)27(37)34-42(38,39)36-15-13-35(14-16-36)18-28(2,3)31/h5-12,17,22H,4,13-16,18H2,1-3H3,(H,34,37)/t22-/m1/s1. The van der Waals surface area contributed by atoms with Crippen molar-refractivity contribution in [2.75, 3.05) is 32.7 Å². The van der Waals surface area contributed by atoms with Crippen LogP contribution in [0.25, 0.3) is 0 Å². The van der Waals surface area contributed by atoms with Gasteiger partial charge in [0, 0.05) is 45.0 Å². The van der Waals surface area contributed by atoms with E-state index in [1.807, 2.05) is 0 Å². The molecule has 0 unspecified atom stereocenters. The molecule has 3 heterocycles. The third kappa shape index (κ3) is 7.95. The maximum atomic E-state index is 15.0. The molecule has 1 aliphatic heterocycles. The van der Waals surface area contributed by atoms with Crippen LogP contribution in [0.2, 0.25) is 0 Å². The molecule has 10 nitrogen and oxygen atoms in total. The number of amides is 1. The van der Waals surface area contributed by atoms with Gasteiger partial charge in [0.1, 0.15) is 17.5 Å². The molecular weight excluding hydrogens is 575 g/mol. The zero-order chi connectivity index (χ0) is 30.5. The highest BCUT2D eigenvalue weighted by Crippen LogP contribution is 2.30. The van der Waals surface area contributed by atoms with Crippen LogP contribution in [-0.4, -0.2) is 71.9 Å². The molecule has 0 saturated carbocycles. The SMILES string of the molecule is CC[C@@H](Oc1ccc(C(=O)NS(=O)(=O)N2CCN(CC(C)(C)F)CC2)c(F)c1F)c1ccc(Oc2ccccn2)cn1. The first-order chi connectivity index (χ1) is 19.9. The van der Waals surface area contributed by atoms with Crippen molar-refractivity contribution in [3.63, 3.8) is 0 Å². The lowest BCUT2D eigenvalue weighted by Gasteiger charge is -2.35. The number of hydrogen-bond acceptors (Lipinski definition) is 8. The Hall–Kier alpha value is -3.75. The van der Waals surface area contributed by atoms with Gasteiger partial charge in [0.15, 0.2) is 11.6 Å². The molecule has 14 heteroatoms. The molecule has 42 heavy (non-hydrogen) atoms. The first-order valence-electron chi connectivity index (χ1n) is 13.3. The van der Waals surface area contributed by atoms with E-state index in [0.29, 0.717) is 23.7 Å². The molecule has 1 aromatic carbocycles. The fourth-order valence-corrected chi connectivity index (χ4v) is 5.49. The molecule has 4 rings (SSSR count). The van der Waals surface area contributed by atoms with Gasteiger partial charge >= 0.3 is 10.2 Å². The third-order valence-electron chi connectivity index (χ3n) is 6.37. The summed E-state index contributed by atoms with van der Waals surface area (Å²) in [5, 5.41) is 0. The van der Waals surface area contributed by atoms with Crippen LogP contribution in [0, 0.1) is 11.6 Å². The number of hydrogen-bond donors (Lipinski definition) is 1. The van der Waals surface area contributed by atoms with Gasteiger partial charge in [-0.2, -0.15) is 17.1 Å². The van der Waals surface area contributed by atoms with Crippen molar-refractivity contribution < 1.29 is 35.9 Å². The van der Waals surface area contributed by atoms with E-state index in [4.69, 9.17) is 9.47 Å². The molecule has 3 aromatic rings. The van der Waals surface area contributed by atoms with Crippen LogP contribution in [0.1, 0.15) is 49.3 Å². The zero-order valence-electron chi connectivity index (χ0n) is 23.4. The highest BCUT2D eigenvalue weighted by atomic mass is 32.2. The molecule has 2 aromatic heterocycles. The Labute approximate surface area is 242 Å². The number of carbonyl (C=O) groups excluding carboxylic acids is 1. The first kappa shape index (κ1) is 31.2. The Balaban J connectivity index is 1.40. The van der Waals surface area contributed by atoms with Crippen LogP contribution < -0.4 is 14.2 Å². The van der Waals surface area contributed by atoms with Gasteiger partial charge in [-0.3, -0.25) is 14.7 Å². The van der Waals surface area contributed by atoms with E-state index in [0.717, 1.165) is 16.4 Å². The highest BCUT2D eigenvalue weighted by Gasteiger charge is 2.32. The Bertz CT molecular complexity index is 1480. The quantitative estimate of drug-likeness (QED) is 0.341. The lowest BCUT2D eigenvalue weighted by molar-refractivity contribution is 0.0950. The summed E-state index contributed by atoms with van der Waals surface area (Å²) in [7, 11) is -4.35. The number of nitrogens with one attached hydrogen (secondary N) is 1. The summed E-state index contributed by atoms with van der Waals surface area (Å²) in [6, 6.07) is 10.5. The van der Waals surface area contributed by atoms with Crippen LogP contribution in [0.15, 0.2) is 54.9 Å². The number of aromatic nitrogens is 2. The number of pyridine rings is 2. The molecule has 1 amide bonds. The van der Waals surface area contributed by atoms with Crippen LogP contribution in [0.5, 0.6) is 17.4 Å². The van der Waals surface area contributed by atoms with E-state index >= 15 is 0 Å². The van der Waals surface area contributed by atoms with Gasteiger partial charge in [0.25, 0.3) is 5.91 Å². The summed E-state index contributed by atoms with van der Waals surface area (Å²) >= 11 is 0. The topological polar surface area (TPSA) is 114 Å². The van der Waals surface area contributed by atoms with Gasteiger partial charge < -0.3 is 9.47 Å². The van der Waals surface area contributed by atoms with E-state index in [-0.39, 0.29) is 32.7 Å². The summed E-state index contributed by atoms with van der Waals surface area (Å²) in [6.07, 6.45) is 2.62. The van der Waals surface area contributed by atoms with Crippen molar-refractivity contribution in [3.8, 4) is 17.4 Å². The second-order valence-corrected chi connectivity index (χ2v) is 11.9. The van der Waals surface area contributed by atoms with Crippen LogP contribution in [0.3, 0.4) is 0 Å². The minimum Gasteiger partial charge on any atom is -0.481 e. The molecule has 0 spiro atoms. The van der Waals surface area contributed by atoms with E-state index in [1.165, 1.54) is 20.0 Å². The molecule has 0 radical (unpaired) electrons. The summed E-state index contributed by atoms with van der Waals surface area (Å²) in [5.74, 6) is -4.01. The number of carbonyl (C=O) groups is 1. The zero-order valence-corrected chi connectivity index (χ0v) is 24.2. The van der Waals surface area contributed by atoms with Crippen molar-refractivity contribution in [2.45, 2.75) is 39.0 Å². The second-order valence-electron chi connectivity index (χ2n) is 10.3. The van der Waals surface area contributed by atoms with Gasteiger partial charge in [-0.1, -0.05) is 13.0 Å². The van der Waals surface area contributed by atoms with Crippen molar-refractivity contribution >= 4 is 16.1 Å². The number of rotatable bonds is 11. The molecule has 0 aliphatic carbocycles. The predicted molar refractivity (Wildman–Crippen MR) is 148 cm³/mol. The average molecular weight is 608 g/mol. The van der Waals surface area contributed by atoms with E-state index in [1.54, 1.807) is 53.1 Å². The number of ether oxygens (including phenoxy) is 2. The molecule has 1 fully saturated rings. The molecule has 226 valence electrons. The van der Waals surface area contributed by atoms with E-state index < -0.39 is 50.8 Å². The number of halogens is 3. The number of alkyl halides is 1. The Morgan fingerprint density at radius 2 is 1.79 bits per heavy atom. The molecule has 1 saturated heterocycles. The summed E-state index contributed by atoms with van der Waals surface area (Å²) in [5.41, 5.74) is -1.82. The van der Waals surface area contributed by atoms with Crippen LogP contribution in [-0.2, 0) is 10.2 Å². The maximum Gasteiger partial charge on any atom is 0.304 e. The average Bonchev–Trinajstić information content (AvgIpc) is 2.94. The first-order valence-corrected chi connectivity index (χ1v) is 14.7. The Morgan fingerprint density at radius 3 is 2.38 bits per heavy atom. The van der Waals surface area contributed by atoms with Crippen molar-refractivity contribution in [1.29, 1.82) is 0 Å². The number of piperazine rings is 1. The fraction of sp³-hybridized carbons (Fsp3) is 0.393. The molecule has 0 bridgehead atoms. The van der Waals surface area contributed by atoms with Crippen LogP contribution >= 0.6 is 0 Å². The lowest BCUT2D eigenvalue weighted by Crippen LogP contribution is -2.54. The maximum absolute atomic E-state index is 15.0. The lowest BCUT2D eigenvalue weighted by atomic mass is 10.1. The van der Waals surface area contributed by atoms with Crippen LogP contribution in [0.4, 0.5) is 13.2 Å². The minimum absolute atomic E-state index is 0.00496. The van der Waals surface area contributed by atoms with Crippen molar-refractivity contribution in [3.05, 3.63) is 77.8 Å². The molecule has 1 atom stereocenters. The van der Waals surface area contributed by atoms with Gasteiger partial charge in [-0.05, 0) is 50.6 Å². The number of benzene rings is 1. The van der Waals surface area contributed by atoms with Gasteiger partial charge in [-0.15, -0.1) is 0 Å². The summed E-state index contributed by atoms with van der Waals surface area (Å²) < 4.78 is 83.4. The molecular formula is C28H32F3N5O5S. The Kier molecular flexibility index (Phi) is 9.69. The predicted octanol–water partition coefficient (Wildman–Crippen LogP) is 4.42. The normalized spacial score (nSPS) is 15.7. The third-order valence-corrected chi connectivity index (χ3v) is 7.86. The van der Waals surface area contributed by atoms with Crippen molar-refractivity contribution in [1.82, 2.24) is 23.9 Å². The second kappa shape index (κ2) is 13.0. The molecule has 1 N–H and O–H groups in total. The van der Waals surface area contributed by atoms with Gasteiger partial charge in [-0.25, -0.2) is 18.5 Å².